The molecule has 0 fully saturated rings. The van der Waals surface area contributed by atoms with E-state index in [0.717, 1.165) is 89.8 Å². The molecule has 16 aromatic rings. The lowest BCUT2D eigenvalue weighted by atomic mass is 9.89. The van der Waals surface area contributed by atoms with Gasteiger partial charge in [0.1, 0.15) is 0 Å². The van der Waals surface area contributed by atoms with E-state index in [4.69, 9.17) is 0 Å². The summed E-state index contributed by atoms with van der Waals surface area (Å²) >= 11 is 0. The van der Waals surface area contributed by atoms with Gasteiger partial charge in [-0.25, -0.2) is 0 Å². The zero-order chi connectivity index (χ0) is 55.5. The van der Waals surface area contributed by atoms with E-state index in [1.165, 1.54) is 53.9 Å². The maximum Gasteiger partial charge on any atom is 0.0561 e. The molecule has 0 spiro atoms. The van der Waals surface area contributed by atoms with Crippen LogP contribution in [0.2, 0.25) is 0 Å². The standard InChI is InChI=1S/C80H54N4/c1-5-29-63(30-6-1)81(67-41-37-55-21-13-17-25-59(55)49-67)75-53-76(82(64-31-7-2-8-32-64)68-42-38-56-22-14-18-26-60(56)50-68)72-47-48-74-78(84(66-35-11-4-12-36-66)70-44-40-58-24-16-20-28-62(58)52-70)54-77(73-46-45-71(75)79(72)80(73)74)83(65-33-9-3-10-34-65)69-43-39-57-23-15-19-27-61(57)51-69/h1-54H. The average Bonchev–Trinajstić information content (AvgIpc) is 1.24. The van der Waals surface area contributed by atoms with Crippen molar-refractivity contribution in [3.8, 4) is 0 Å². The summed E-state index contributed by atoms with van der Waals surface area (Å²) in [5.41, 5.74) is 12.8. The Kier molecular flexibility index (Phi) is 11.8. The fraction of sp³-hybridized carbons (Fsp3) is 0. The summed E-state index contributed by atoms with van der Waals surface area (Å²) < 4.78 is 0. The molecule has 0 bridgehead atoms. The van der Waals surface area contributed by atoms with Crippen LogP contribution >= 0.6 is 0 Å². The van der Waals surface area contributed by atoms with Crippen LogP contribution in [0.4, 0.5) is 68.2 Å². The van der Waals surface area contributed by atoms with Gasteiger partial charge in [0.15, 0.2) is 0 Å². The van der Waals surface area contributed by atoms with Gasteiger partial charge in [0.2, 0.25) is 0 Å². The first-order valence-electron chi connectivity index (χ1n) is 28.8. The highest BCUT2D eigenvalue weighted by Crippen LogP contribution is 2.55. The molecule has 0 radical (unpaired) electrons. The Hall–Kier alpha value is -11.2. The number of hydrogen-bond donors (Lipinski definition) is 0. The maximum atomic E-state index is 2.48. The minimum Gasteiger partial charge on any atom is -0.310 e. The second-order valence-corrected chi connectivity index (χ2v) is 21.7. The highest BCUT2D eigenvalue weighted by molar-refractivity contribution is 6.33. The van der Waals surface area contributed by atoms with Crippen molar-refractivity contribution in [1.29, 1.82) is 0 Å². The Balaban J connectivity index is 1.09. The zero-order valence-electron chi connectivity index (χ0n) is 46.0. The number of hydrogen-bond acceptors (Lipinski definition) is 4. The van der Waals surface area contributed by atoms with Crippen molar-refractivity contribution in [2.24, 2.45) is 0 Å². The van der Waals surface area contributed by atoms with Crippen molar-refractivity contribution in [2.45, 2.75) is 0 Å². The molecule has 0 heterocycles. The van der Waals surface area contributed by atoms with Gasteiger partial charge < -0.3 is 19.6 Å². The van der Waals surface area contributed by atoms with Crippen molar-refractivity contribution >= 4 is 144 Å². The Morgan fingerprint density at radius 2 is 0.345 bits per heavy atom. The van der Waals surface area contributed by atoms with Crippen molar-refractivity contribution in [3.63, 3.8) is 0 Å². The molecule has 0 N–H and O–H groups in total. The van der Waals surface area contributed by atoms with E-state index in [1.807, 2.05) is 0 Å². The number of anilines is 12. The molecule has 0 saturated carbocycles. The van der Waals surface area contributed by atoms with Gasteiger partial charge in [-0.05, 0) is 152 Å². The quantitative estimate of drug-likeness (QED) is 0.113. The fourth-order valence-corrected chi connectivity index (χ4v) is 12.9. The molecule has 0 aliphatic heterocycles. The molecule has 4 nitrogen and oxygen atoms in total. The Bertz CT molecular complexity index is 4470. The number of rotatable bonds is 12. The fourth-order valence-electron chi connectivity index (χ4n) is 12.9. The molecule has 16 aromatic carbocycles. The minimum absolute atomic E-state index is 1.06. The summed E-state index contributed by atoms with van der Waals surface area (Å²) in [6.07, 6.45) is 0. The summed E-state index contributed by atoms with van der Waals surface area (Å²) in [5.74, 6) is 0. The zero-order valence-corrected chi connectivity index (χ0v) is 46.0. The molecule has 0 aliphatic rings. The third-order valence-electron chi connectivity index (χ3n) is 16.8. The van der Waals surface area contributed by atoms with Crippen LogP contribution < -0.4 is 19.6 Å². The minimum atomic E-state index is 1.06. The van der Waals surface area contributed by atoms with Crippen molar-refractivity contribution < 1.29 is 0 Å². The van der Waals surface area contributed by atoms with Gasteiger partial charge in [-0.3, -0.25) is 0 Å². The van der Waals surface area contributed by atoms with Gasteiger partial charge in [-0.1, -0.05) is 218 Å². The lowest BCUT2D eigenvalue weighted by Crippen LogP contribution is -2.16. The lowest BCUT2D eigenvalue weighted by Gasteiger charge is -2.34. The van der Waals surface area contributed by atoms with Gasteiger partial charge >= 0.3 is 0 Å². The highest BCUT2D eigenvalue weighted by Gasteiger charge is 2.29. The molecule has 16 rings (SSSR count). The number of nitrogens with zero attached hydrogens (tertiary/aromatic N) is 4. The van der Waals surface area contributed by atoms with Gasteiger partial charge in [0, 0.05) is 77.8 Å². The summed E-state index contributed by atoms with van der Waals surface area (Å²) in [7, 11) is 0. The molecule has 0 aromatic heterocycles. The van der Waals surface area contributed by atoms with Crippen LogP contribution in [0.5, 0.6) is 0 Å². The Labute approximate surface area is 488 Å². The van der Waals surface area contributed by atoms with Crippen LogP contribution in [0, 0.1) is 0 Å². The van der Waals surface area contributed by atoms with Gasteiger partial charge in [0.25, 0.3) is 0 Å². The number of fused-ring (bicyclic) bond motifs is 4. The van der Waals surface area contributed by atoms with E-state index in [0.29, 0.717) is 0 Å². The molecular weight excluding hydrogens is 1020 g/mol. The molecule has 84 heavy (non-hydrogen) atoms. The smallest absolute Gasteiger partial charge is 0.0561 e. The van der Waals surface area contributed by atoms with Crippen LogP contribution in [0.3, 0.4) is 0 Å². The Morgan fingerprint density at radius 1 is 0.143 bits per heavy atom. The van der Waals surface area contributed by atoms with Crippen molar-refractivity contribution in [3.05, 3.63) is 328 Å². The van der Waals surface area contributed by atoms with E-state index >= 15 is 0 Å². The first kappa shape index (κ1) is 48.7. The number of benzene rings is 16. The Morgan fingerprint density at radius 3 is 0.571 bits per heavy atom. The second kappa shape index (κ2) is 20.4. The molecule has 4 heteroatoms. The average molecular weight is 1070 g/mol. The van der Waals surface area contributed by atoms with E-state index < -0.39 is 0 Å². The summed E-state index contributed by atoms with van der Waals surface area (Å²) in [6.45, 7) is 0. The summed E-state index contributed by atoms with van der Waals surface area (Å²) in [6, 6.07) is 120. The highest BCUT2D eigenvalue weighted by atomic mass is 15.2. The predicted octanol–water partition coefficient (Wildman–Crippen LogP) is 23.1. The third kappa shape index (κ3) is 8.39. The van der Waals surface area contributed by atoms with Crippen molar-refractivity contribution in [2.75, 3.05) is 19.6 Å². The first-order chi connectivity index (χ1) is 41.7. The largest absolute Gasteiger partial charge is 0.310 e. The van der Waals surface area contributed by atoms with Gasteiger partial charge in [-0.15, -0.1) is 0 Å². The lowest BCUT2D eigenvalue weighted by molar-refractivity contribution is 1.27. The molecule has 0 amide bonds. The third-order valence-corrected chi connectivity index (χ3v) is 16.8. The predicted molar refractivity (Wildman–Crippen MR) is 359 cm³/mol. The summed E-state index contributed by atoms with van der Waals surface area (Å²) in [5, 5.41) is 16.3. The van der Waals surface area contributed by atoms with Gasteiger partial charge in [0.05, 0.1) is 22.7 Å². The van der Waals surface area contributed by atoms with Crippen molar-refractivity contribution in [1.82, 2.24) is 0 Å². The summed E-state index contributed by atoms with van der Waals surface area (Å²) in [4.78, 5) is 9.90. The SMILES string of the molecule is c1ccc(N(c2ccc3ccccc3c2)c2cc(N(c3ccccc3)c3ccc4ccccc4c3)c3ccc4c(N(c5ccccc5)c5ccc6ccccc6c5)cc(N(c5ccccc5)c5ccc6ccccc6c5)c5ccc2c3c54)cc1. The number of para-hydroxylation sites is 4. The van der Waals surface area contributed by atoms with Crippen LogP contribution in [0.15, 0.2) is 328 Å². The van der Waals surface area contributed by atoms with Gasteiger partial charge in [-0.2, -0.15) is 0 Å². The topological polar surface area (TPSA) is 13.0 Å². The molecule has 394 valence electrons. The van der Waals surface area contributed by atoms with Crippen LogP contribution in [0.25, 0.3) is 75.4 Å². The van der Waals surface area contributed by atoms with Crippen LogP contribution in [0.1, 0.15) is 0 Å². The molecule has 0 atom stereocenters. The van der Waals surface area contributed by atoms with E-state index in [1.54, 1.807) is 0 Å². The molecule has 0 saturated heterocycles. The maximum absolute atomic E-state index is 2.48. The van der Waals surface area contributed by atoms with Crippen LogP contribution in [-0.4, -0.2) is 0 Å². The molecule has 0 unspecified atom stereocenters. The van der Waals surface area contributed by atoms with E-state index in [9.17, 15) is 0 Å². The van der Waals surface area contributed by atoms with E-state index in [-0.39, 0.29) is 0 Å². The normalized spacial score (nSPS) is 11.6. The van der Waals surface area contributed by atoms with E-state index in [2.05, 4.69) is 347 Å². The monoisotopic (exact) mass is 1070 g/mol. The van der Waals surface area contributed by atoms with Crippen LogP contribution in [-0.2, 0) is 0 Å². The molecular formula is C80H54N4. The second-order valence-electron chi connectivity index (χ2n) is 21.7. The first-order valence-corrected chi connectivity index (χ1v) is 28.8. The molecule has 0 aliphatic carbocycles.